The maximum atomic E-state index is 12.7. The summed E-state index contributed by atoms with van der Waals surface area (Å²) < 4.78 is 1.96. The number of rotatable bonds is 7. The zero-order chi connectivity index (χ0) is 22.5. The molecule has 33 heavy (non-hydrogen) atoms. The number of aromatic nitrogens is 1. The van der Waals surface area contributed by atoms with E-state index in [9.17, 15) is 4.79 Å². The van der Waals surface area contributed by atoms with Crippen molar-refractivity contribution >= 4 is 51.0 Å². The number of Topliss-reactive ketones (excluding diaryl/α,β-unsaturated/α-hetero) is 1. The highest BCUT2D eigenvalue weighted by Gasteiger charge is 2.11. The van der Waals surface area contributed by atoms with Crippen LogP contribution in [0.4, 0.5) is 5.69 Å². The minimum atomic E-state index is 0.104. The van der Waals surface area contributed by atoms with Crippen LogP contribution in [0.2, 0.25) is 0 Å². The van der Waals surface area contributed by atoms with Crippen molar-refractivity contribution in [1.29, 1.82) is 0 Å². The van der Waals surface area contributed by atoms with E-state index >= 15 is 0 Å². The molecule has 0 fully saturated rings. The van der Waals surface area contributed by atoms with Gasteiger partial charge < -0.3 is 0 Å². The van der Waals surface area contributed by atoms with E-state index in [1.807, 2.05) is 97.2 Å². The molecule has 0 saturated carbocycles. The van der Waals surface area contributed by atoms with Crippen molar-refractivity contribution in [3.05, 3.63) is 114 Å². The predicted octanol–water partition coefficient (Wildman–Crippen LogP) is 7.69. The first-order chi connectivity index (χ1) is 16.2. The van der Waals surface area contributed by atoms with Crippen LogP contribution in [-0.2, 0) is 0 Å². The average Bonchev–Trinajstić information content (AvgIpc) is 3.29. The highest BCUT2D eigenvalue weighted by Crippen LogP contribution is 2.32. The van der Waals surface area contributed by atoms with Crippen molar-refractivity contribution in [3.8, 4) is 11.1 Å². The molecule has 5 heteroatoms. The first-order valence-corrected chi connectivity index (χ1v) is 12.4. The molecule has 0 bridgehead atoms. The van der Waals surface area contributed by atoms with Gasteiger partial charge in [0, 0.05) is 11.8 Å². The molecular formula is C28H20N2OS2. The zero-order valence-corrected chi connectivity index (χ0v) is 19.4. The van der Waals surface area contributed by atoms with Crippen LogP contribution < -0.4 is 0 Å². The van der Waals surface area contributed by atoms with Gasteiger partial charge in [-0.1, -0.05) is 96.7 Å². The van der Waals surface area contributed by atoms with Gasteiger partial charge in [0.2, 0.25) is 0 Å². The van der Waals surface area contributed by atoms with Gasteiger partial charge in [0.1, 0.15) is 0 Å². The van der Waals surface area contributed by atoms with E-state index in [1.54, 1.807) is 11.3 Å². The van der Waals surface area contributed by atoms with E-state index in [4.69, 9.17) is 0 Å². The Labute approximate surface area is 200 Å². The summed E-state index contributed by atoms with van der Waals surface area (Å²) in [6.45, 7) is 0. The number of thiazole rings is 1. The molecular weight excluding hydrogens is 444 g/mol. The predicted molar refractivity (Wildman–Crippen MR) is 140 cm³/mol. The third-order valence-corrected chi connectivity index (χ3v) is 7.32. The van der Waals surface area contributed by atoms with Gasteiger partial charge in [-0.25, -0.2) is 4.98 Å². The van der Waals surface area contributed by atoms with Gasteiger partial charge in [-0.2, -0.15) is 0 Å². The van der Waals surface area contributed by atoms with Crippen molar-refractivity contribution in [3.63, 3.8) is 0 Å². The number of ketones is 1. The molecule has 5 rings (SSSR count). The van der Waals surface area contributed by atoms with Gasteiger partial charge in [0.25, 0.3) is 0 Å². The SMILES string of the molecule is O=C(CSc1nc2ccc(N=Cc3ccccc3)cc2s1)c1ccc(-c2ccccc2)cc1. The van der Waals surface area contributed by atoms with Gasteiger partial charge in [0.05, 0.1) is 21.7 Å². The topological polar surface area (TPSA) is 42.3 Å². The van der Waals surface area contributed by atoms with Gasteiger partial charge in [-0.15, -0.1) is 11.3 Å². The van der Waals surface area contributed by atoms with Crippen molar-refractivity contribution in [1.82, 2.24) is 4.98 Å². The molecule has 1 heterocycles. The second-order valence-corrected chi connectivity index (χ2v) is 9.71. The molecule has 3 nitrogen and oxygen atoms in total. The molecule has 0 aliphatic rings. The minimum Gasteiger partial charge on any atom is -0.293 e. The normalized spacial score (nSPS) is 11.3. The van der Waals surface area contributed by atoms with E-state index < -0.39 is 0 Å². The van der Waals surface area contributed by atoms with Crippen LogP contribution in [0.15, 0.2) is 112 Å². The lowest BCUT2D eigenvalue weighted by Gasteiger charge is -2.03. The van der Waals surface area contributed by atoms with Crippen LogP contribution >= 0.6 is 23.1 Å². The zero-order valence-electron chi connectivity index (χ0n) is 17.7. The number of hydrogen-bond donors (Lipinski definition) is 0. The van der Waals surface area contributed by atoms with E-state index in [0.717, 1.165) is 42.5 Å². The van der Waals surface area contributed by atoms with Crippen LogP contribution in [0.1, 0.15) is 15.9 Å². The van der Waals surface area contributed by atoms with Crippen LogP contribution in [0.5, 0.6) is 0 Å². The van der Waals surface area contributed by atoms with Crippen LogP contribution in [0.25, 0.3) is 21.3 Å². The van der Waals surface area contributed by atoms with Gasteiger partial charge in [0.15, 0.2) is 10.1 Å². The smallest absolute Gasteiger partial charge is 0.173 e. The fourth-order valence-electron chi connectivity index (χ4n) is 3.41. The second kappa shape index (κ2) is 9.94. The molecule has 160 valence electrons. The summed E-state index contributed by atoms with van der Waals surface area (Å²) in [7, 11) is 0. The van der Waals surface area contributed by atoms with Crippen LogP contribution in [-0.4, -0.2) is 22.7 Å². The molecule has 0 amide bonds. The number of fused-ring (bicyclic) bond motifs is 1. The lowest BCUT2D eigenvalue weighted by atomic mass is 10.0. The number of thioether (sulfide) groups is 1. The number of benzene rings is 4. The van der Waals surface area contributed by atoms with Crippen molar-refractivity contribution in [2.75, 3.05) is 5.75 Å². The molecule has 0 N–H and O–H groups in total. The molecule has 0 aliphatic carbocycles. The molecule has 0 atom stereocenters. The lowest BCUT2D eigenvalue weighted by molar-refractivity contribution is 0.102. The van der Waals surface area contributed by atoms with E-state index in [1.165, 1.54) is 11.8 Å². The van der Waals surface area contributed by atoms with E-state index in [2.05, 4.69) is 22.1 Å². The second-order valence-electron chi connectivity index (χ2n) is 7.46. The third kappa shape index (κ3) is 5.28. The molecule has 5 aromatic rings. The Balaban J connectivity index is 1.24. The summed E-state index contributed by atoms with van der Waals surface area (Å²) in [4.78, 5) is 21.9. The molecule has 4 aromatic carbocycles. The highest BCUT2D eigenvalue weighted by molar-refractivity contribution is 8.01. The largest absolute Gasteiger partial charge is 0.293 e. The average molecular weight is 465 g/mol. The standard InChI is InChI=1S/C28H20N2OS2/c31-26(23-13-11-22(12-14-23)21-9-5-2-6-10-21)19-32-28-30-25-16-15-24(17-27(25)33-28)29-18-20-7-3-1-4-8-20/h1-18H,19H2. The fourth-order valence-corrected chi connectivity index (χ4v) is 5.41. The Morgan fingerprint density at radius 1 is 0.848 bits per heavy atom. The van der Waals surface area contributed by atoms with Gasteiger partial charge in [-0.05, 0) is 34.9 Å². The summed E-state index contributed by atoms with van der Waals surface area (Å²) in [5, 5.41) is 0. The summed E-state index contributed by atoms with van der Waals surface area (Å²) >= 11 is 3.08. The Morgan fingerprint density at radius 3 is 2.30 bits per heavy atom. The van der Waals surface area contributed by atoms with Gasteiger partial charge >= 0.3 is 0 Å². The number of carbonyl (C=O) groups is 1. The molecule has 1 aromatic heterocycles. The maximum absolute atomic E-state index is 12.7. The Bertz CT molecular complexity index is 1410. The van der Waals surface area contributed by atoms with E-state index in [0.29, 0.717) is 5.75 Å². The maximum Gasteiger partial charge on any atom is 0.173 e. The minimum absolute atomic E-state index is 0.104. The quantitative estimate of drug-likeness (QED) is 0.141. The van der Waals surface area contributed by atoms with Crippen molar-refractivity contribution < 1.29 is 4.79 Å². The molecule has 0 saturated heterocycles. The summed E-state index contributed by atoms with van der Waals surface area (Å²) in [5.41, 5.74) is 5.86. The fraction of sp³-hybridized carbons (Fsp3) is 0.0357. The Morgan fingerprint density at radius 2 is 1.55 bits per heavy atom. The highest BCUT2D eigenvalue weighted by atomic mass is 32.2. The number of nitrogens with zero attached hydrogens (tertiary/aromatic N) is 2. The Hall–Kier alpha value is -3.54. The number of carbonyl (C=O) groups excluding carboxylic acids is 1. The molecule has 0 aliphatic heterocycles. The Kier molecular flexibility index (Phi) is 6.42. The summed E-state index contributed by atoms with van der Waals surface area (Å²) in [6, 6.07) is 34.0. The molecule has 0 unspecified atom stereocenters. The summed E-state index contributed by atoms with van der Waals surface area (Å²) in [5.74, 6) is 0.468. The number of hydrogen-bond acceptors (Lipinski definition) is 5. The van der Waals surface area contributed by atoms with Crippen molar-refractivity contribution in [2.24, 2.45) is 4.99 Å². The van der Waals surface area contributed by atoms with E-state index in [-0.39, 0.29) is 5.78 Å². The molecule has 0 radical (unpaired) electrons. The monoisotopic (exact) mass is 464 g/mol. The first kappa shape index (κ1) is 21.3. The third-order valence-electron chi connectivity index (χ3n) is 5.16. The van der Waals surface area contributed by atoms with Crippen molar-refractivity contribution in [2.45, 2.75) is 4.34 Å². The van der Waals surface area contributed by atoms with Crippen LogP contribution in [0, 0.1) is 0 Å². The number of aliphatic imine (C=N–C) groups is 1. The van der Waals surface area contributed by atoms with Gasteiger partial charge in [-0.3, -0.25) is 9.79 Å². The first-order valence-electron chi connectivity index (χ1n) is 10.6. The summed E-state index contributed by atoms with van der Waals surface area (Å²) in [6.07, 6.45) is 1.86. The lowest BCUT2D eigenvalue weighted by Crippen LogP contribution is -2.01. The van der Waals surface area contributed by atoms with Crippen LogP contribution in [0.3, 0.4) is 0 Å². The molecule has 0 spiro atoms.